The van der Waals surface area contributed by atoms with E-state index in [1.807, 2.05) is 26.0 Å². The summed E-state index contributed by atoms with van der Waals surface area (Å²) in [5, 5.41) is 6.90. The zero-order valence-corrected chi connectivity index (χ0v) is 13.3. The number of carbonyl (C=O) groups is 1. The molecule has 2 rings (SSSR count). The Morgan fingerprint density at radius 1 is 1.05 bits per heavy atom. The predicted octanol–water partition coefficient (Wildman–Crippen LogP) is 4.99. The maximum Gasteiger partial charge on any atom is 0.255 e. The zero-order chi connectivity index (χ0) is 15.4. The maximum absolute atomic E-state index is 12.3. The molecule has 0 unspecified atom stereocenters. The monoisotopic (exact) mass is 322 g/mol. The molecule has 0 saturated carbocycles. The van der Waals surface area contributed by atoms with Gasteiger partial charge in [-0.25, -0.2) is 0 Å². The predicted molar refractivity (Wildman–Crippen MR) is 89.8 cm³/mol. The molecule has 0 radical (unpaired) electrons. The van der Waals surface area contributed by atoms with Crippen molar-refractivity contribution in [2.75, 3.05) is 17.2 Å². The van der Waals surface area contributed by atoms with Crippen LogP contribution in [0.15, 0.2) is 36.4 Å². The molecular weight excluding hydrogens is 307 g/mol. The summed E-state index contributed by atoms with van der Waals surface area (Å²) in [5.74, 6) is -0.172. The standard InChI is InChI=1S/C16H16Cl2N2O/c1-3-19-11-4-6-13(10(2)8-11)16(21)20-12-5-7-14(17)15(18)9-12/h4-9,19H,3H2,1-2H3,(H,20,21). The Balaban J connectivity index is 2.18. The van der Waals surface area contributed by atoms with E-state index in [0.717, 1.165) is 17.8 Å². The van der Waals surface area contributed by atoms with Crippen LogP contribution in [0.1, 0.15) is 22.8 Å². The minimum atomic E-state index is -0.172. The quantitative estimate of drug-likeness (QED) is 0.832. The van der Waals surface area contributed by atoms with E-state index in [0.29, 0.717) is 21.3 Å². The van der Waals surface area contributed by atoms with Gasteiger partial charge in [-0.2, -0.15) is 0 Å². The van der Waals surface area contributed by atoms with Crippen LogP contribution < -0.4 is 10.6 Å². The fourth-order valence-electron chi connectivity index (χ4n) is 2.00. The summed E-state index contributed by atoms with van der Waals surface area (Å²) in [5.41, 5.74) is 3.15. The first-order valence-corrected chi connectivity index (χ1v) is 7.37. The van der Waals surface area contributed by atoms with Crippen molar-refractivity contribution >= 4 is 40.5 Å². The fourth-order valence-corrected chi connectivity index (χ4v) is 2.30. The van der Waals surface area contributed by atoms with Crippen molar-refractivity contribution < 1.29 is 4.79 Å². The van der Waals surface area contributed by atoms with Gasteiger partial charge in [-0.3, -0.25) is 4.79 Å². The van der Waals surface area contributed by atoms with Crippen molar-refractivity contribution in [1.29, 1.82) is 0 Å². The Morgan fingerprint density at radius 2 is 1.76 bits per heavy atom. The Bertz CT molecular complexity index is 671. The highest BCUT2D eigenvalue weighted by Gasteiger charge is 2.10. The summed E-state index contributed by atoms with van der Waals surface area (Å²) in [6, 6.07) is 10.6. The van der Waals surface area contributed by atoms with E-state index in [9.17, 15) is 4.79 Å². The average molecular weight is 323 g/mol. The third kappa shape index (κ3) is 3.90. The van der Waals surface area contributed by atoms with E-state index in [-0.39, 0.29) is 5.91 Å². The average Bonchev–Trinajstić information content (AvgIpc) is 2.43. The van der Waals surface area contributed by atoms with Crippen molar-refractivity contribution in [3.63, 3.8) is 0 Å². The third-order valence-corrected chi connectivity index (χ3v) is 3.77. The van der Waals surface area contributed by atoms with Gasteiger partial charge in [0.25, 0.3) is 5.91 Å². The summed E-state index contributed by atoms with van der Waals surface area (Å²) in [7, 11) is 0. The Morgan fingerprint density at radius 3 is 2.38 bits per heavy atom. The molecule has 2 N–H and O–H groups in total. The molecule has 2 aromatic carbocycles. The number of aryl methyl sites for hydroxylation is 1. The number of benzene rings is 2. The number of amides is 1. The van der Waals surface area contributed by atoms with Crippen LogP contribution in [0.3, 0.4) is 0 Å². The summed E-state index contributed by atoms with van der Waals surface area (Å²) in [6.45, 7) is 4.78. The van der Waals surface area contributed by atoms with E-state index < -0.39 is 0 Å². The SMILES string of the molecule is CCNc1ccc(C(=O)Nc2ccc(Cl)c(Cl)c2)c(C)c1. The van der Waals surface area contributed by atoms with Crippen LogP contribution >= 0.6 is 23.2 Å². The van der Waals surface area contributed by atoms with E-state index in [1.54, 1.807) is 24.3 Å². The molecule has 110 valence electrons. The maximum atomic E-state index is 12.3. The van der Waals surface area contributed by atoms with Crippen LogP contribution in [0.4, 0.5) is 11.4 Å². The first-order chi connectivity index (χ1) is 10.0. The van der Waals surface area contributed by atoms with Gasteiger partial charge >= 0.3 is 0 Å². The fraction of sp³-hybridized carbons (Fsp3) is 0.188. The van der Waals surface area contributed by atoms with Crippen LogP contribution in [0.25, 0.3) is 0 Å². The summed E-state index contributed by atoms with van der Waals surface area (Å²) >= 11 is 11.8. The minimum Gasteiger partial charge on any atom is -0.385 e. The van der Waals surface area contributed by atoms with Gasteiger partial charge in [0, 0.05) is 23.5 Å². The number of carbonyl (C=O) groups excluding carboxylic acids is 1. The molecule has 0 saturated heterocycles. The van der Waals surface area contributed by atoms with Gasteiger partial charge in [-0.05, 0) is 55.8 Å². The molecule has 3 nitrogen and oxygen atoms in total. The van der Waals surface area contributed by atoms with E-state index in [4.69, 9.17) is 23.2 Å². The van der Waals surface area contributed by atoms with E-state index in [2.05, 4.69) is 10.6 Å². The number of halogens is 2. The molecule has 0 atom stereocenters. The largest absolute Gasteiger partial charge is 0.385 e. The first kappa shape index (κ1) is 15.7. The Labute approximate surface area is 134 Å². The second-order valence-electron chi connectivity index (χ2n) is 4.64. The molecule has 5 heteroatoms. The van der Waals surface area contributed by atoms with Crippen molar-refractivity contribution in [3.8, 4) is 0 Å². The van der Waals surface area contributed by atoms with Crippen molar-refractivity contribution in [1.82, 2.24) is 0 Å². The number of rotatable bonds is 4. The van der Waals surface area contributed by atoms with Crippen LogP contribution in [0, 0.1) is 6.92 Å². The topological polar surface area (TPSA) is 41.1 Å². The molecule has 0 spiro atoms. The lowest BCUT2D eigenvalue weighted by molar-refractivity contribution is 0.102. The highest BCUT2D eigenvalue weighted by molar-refractivity contribution is 6.42. The van der Waals surface area contributed by atoms with Crippen LogP contribution in [0.5, 0.6) is 0 Å². The molecule has 0 aliphatic carbocycles. The number of nitrogens with one attached hydrogen (secondary N) is 2. The highest BCUT2D eigenvalue weighted by Crippen LogP contribution is 2.25. The zero-order valence-electron chi connectivity index (χ0n) is 11.8. The molecule has 0 aliphatic rings. The summed E-state index contributed by atoms with van der Waals surface area (Å²) in [6.07, 6.45) is 0. The summed E-state index contributed by atoms with van der Waals surface area (Å²) < 4.78 is 0. The van der Waals surface area contributed by atoms with Crippen LogP contribution in [0.2, 0.25) is 10.0 Å². The highest BCUT2D eigenvalue weighted by atomic mass is 35.5. The molecule has 21 heavy (non-hydrogen) atoms. The second kappa shape index (κ2) is 6.83. The summed E-state index contributed by atoms with van der Waals surface area (Å²) in [4.78, 5) is 12.3. The van der Waals surface area contributed by atoms with Gasteiger partial charge in [-0.1, -0.05) is 23.2 Å². The molecule has 0 fully saturated rings. The molecule has 1 amide bonds. The van der Waals surface area contributed by atoms with Crippen molar-refractivity contribution in [2.24, 2.45) is 0 Å². The number of anilines is 2. The minimum absolute atomic E-state index is 0.172. The van der Waals surface area contributed by atoms with Crippen LogP contribution in [-0.4, -0.2) is 12.5 Å². The Hall–Kier alpha value is -1.71. The van der Waals surface area contributed by atoms with Crippen molar-refractivity contribution in [3.05, 3.63) is 57.6 Å². The number of hydrogen-bond acceptors (Lipinski definition) is 2. The lowest BCUT2D eigenvalue weighted by atomic mass is 10.1. The van der Waals surface area contributed by atoms with Gasteiger partial charge in [-0.15, -0.1) is 0 Å². The van der Waals surface area contributed by atoms with Gasteiger partial charge in [0.1, 0.15) is 0 Å². The number of hydrogen-bond donors (Lipinski definition) is 2. The van der Waals surface area contributed by atoms with Gasteiger partial charge in [0.2, 0.25) is 0 Å². The Kier molecular flexibility index (Phi) is 5.10. The third-order valence-electron chi connectivity index (χ3n) is 3.03. The lowest BCUT2D eigenvalue weighted by Crippen LogP contribution is -2.13. The van der Waals surface area contributed by atoms with Gasteiger partial charge < -0.3 is 10.6 Å². The molecule has 0 heterocycles. The second-order valence-corrected chi connectivity index (χ2v) is 5.46. The van der Waals surface area contributed by atoms with E-state index >= 15 is 0 Å². The normalized spacial score (nSPS) is 10.3. The van der Waals surface area contributed by atoms with Crippen LogP contribution in [-0.2, 0) is 0 Å². The van der Waals surface area contributed by atoms with Crippen molar-refractivity contribution in [2.45, 2.75) is 13.8 Å². The van der Waals surface area contributed by atoms with Gasteiger partial charge in [0.05, 0.1) is 10.0 Å². The van der Waals surface area contributed by atoms with E-state index in [1.165, 1.54) is 0 Å². The molecule has 2 aromatic rings. The van der Waals surface area contributed by atoms with Gasteiger partial charge in [0.15, 0.2) is 0 Å². The first-order valence-electron chi connectivity index (χ1n) is 6.62. The molecular formula is C16H16Cl2N2O. The molecule has 0 aliphatic heterocycles. The molecule has 0 aromatic heterocycles. The molecule has 0 bridgehead atoms. The smallest absolute Gasteiger partial charge is 0.255 e. The lowest BCUT2D eigenvalue weighted by Gasteiger charge is -2.10.